The van der Waals surface area contributed by atoms with Crippen molar-refractivity contribution in [3.05, 3.63) is 23.8 Å². The molecule has 4 heteroatoms. The van der Waals surface area contributed by atoms with Crippen molar-refractivity contribution in [2.24, 2.45) is 5.41 Å². The SMILES string of the molecule is CC.CC.COC.COCOc1cc(C)cc(N2CCC(C)(C)C2)c1. The summed E-state index contributed by atoms with van der Waals surface area (Å²) in [6.07, 6.45) is 1.25. The molecular weight excluding hydrogens is 314 g/mol. The molecule has 0 amide bonds. The van der Waals surface area contributed by atoms with Crippen LogP contribution in [0.1, 0.15) is 53.5 Å². The van der Waals surface area contributed by atoms with Crippen molar-refractivity contribution in [1.82, 2.24) is 0 Å². The minimum absolute atomic E-state index is 0.300. The lowest BCUT2D eigenvalue weighted by molar-refractivity contribution is 0.0511. The zero-order valence-corrected chi connectivity index (χ0v) is 18.2. The summed E-state index contributed by atoms with van der Waals surface area (Å²) in [5, 5.41) is 0. The van der Waals surface area contributed by atoms with Gasteiger partial charge in [0.2, 0.25) is 0 Å². The van der Waals surface area contributed by atoms with Crippen LogP contribution < -0.4 is 9.64 Å². The molecule has 0 N–H and O–H groups in total. The van der Waals surface area contributed by atoms with Gasteiger partial charge in [-0.25, -0.2) is 0 Å². The van der Waals surface area contributed by atoms with E-state index >= 15 is 0 Å². The molecule has 1 aliphatic heterocycles. The fourth-order valence-electron chi connectivity index (χ4n) is 2.45. The molecule has 4 nitrogen and oxygen atoms in total. The maximum atomic E-state index is 5.54. The van der Waals surface area contributed by atoms with Gasteiger partial charge < -0.3 is 19.1 Å². The first kappa shape index (κ1) is 26.0. The average molecular weight is 356 g/mol. The number of rotatable bonds is 4. The van der Waals surface area contributed by atoms with Crippen molar-refractivity contribution in [3.63, 3.8) is 0 Å². The summed E-state index contributed by atoms with van der Waals surface area (Å²) >= 11 is 0. The van der Waals surface area contributed by atoms with Crippen LogP contribution in [0.25, 0.3) is 0 Å². The Bertz CT molecular complexity index is 433. The number of hydrogen-bond donors (Lipinski definition) is 0. The van der Waals surface area contributed by atoms with Crippen molar-refractivity contribution >= 4 is 5.69 Å². The molecule has 0 spiro atoms. The Morgan fingerprint density at radius 1 is 1.00 bits per heavy atom. The molecule has 2 rings (SSSR count). The third-order valence-corrected chi connectivity index (χ3v) is 3.42. The van der Waals surface area contributed by atoms with Gasteiger partial charge in [0.15, 0.2) is 6.79 Å². The van der Waals surface area contributed by atoms with Gasteiger partial charge >= 0.3 is 0 Å². The molecule has 0 atom stereocenters. The largest absolute Gasteiger partial charge is 0.467 e. The van der Waals surface area contributed by atoms with Crippen molar-refractivity contribution < 1.29 is 14.2 Å². The molecule has 1 saturated heterocycles. The summed E-state index contributed by atoms with van der Waals surface area (Å²) in [6.45, 7) is 17.3. The summed E-state index contributed by atoms with van der Waals surface area (Å²) in [6, 6.07) is 6.37. The number of nitrogens with zero attached hydrogens (tertiary/aromatic N) is 1. The van der Waals surface area contributed by atoms with Gasteiger partial charge in [0.1, 0.15) is 5.75 Å². The van der Waals surface area contributed by atoms with Gasteiger partial charge in [0, 0.05) is 46.2 Å². The van der Waals surface area contributed by atoms with E-state index in [1.165, 1.54) is 17.7 Å². The van der Waals surface area contributed by atoms with Crippen molar-refractivity contribution in [2.75, 3.05) is 46.1 Å². The van der Waals surface area contributed by atoms with Crippen LogP contribution in [0.15, 0.2) is 18.2 Å². The topological polar surface area (TPSA) is 30.9 Å². The second-order valence-electron chi connectivity index (χ2n) is 6.30. The van der Waals surface area contributed by atoms with E-state index < -0.39 is 0 Å². The Morgan fingerprint density at radius 3 is 2.00 bits per heavy atom. The molecule has 1 aliphatic rings. The highest BCUT2D eigenvalue weighted by Gasteiger charge is 2.29. The van der Waals surface area contributed by atoms with E-state index in [1.54, 1.807) is 21.3 Å². The molecule has 1 aromatic rings. The van der Waals surface area contributed by atoms with Crippen LogP contribution in [0, 0.1) is 12.3 Å². The van der Waals surface area contributed by atoms with E-state index in [2.05, 4.69) is 42.5 Å². The van der Waals surface area contributed by atoms with Crippen LogP contribution >= 0.6 is 0 Å². The predicted molar refractivity (Wildman–Crippen MR) is 110 cm³/mol. The van der Waals surface area contributed by atoms with E-state index in [4.69, 9.17) is 9.47 Å². The van der Waals surface area contributed by atoms with E-state index in [0.29, 0.717) is 12.2 Å². The molecule has 1 aromatic carbocycles. The second-order valence-corrected chi connectivity index (χ2v) is 6.30. The van der Waals surface area contributed by atoms with Crippen LogP contribution in [-0.4, -0.2) is 41.2 Å². The van der Waals surface area contributed by atoms with Gasteiger partial charge in [0.25, 0.3) is 0 Å². The summed E-state index contributed by atoms with van der Waals surface area (Å²) in [5.41, 5.74) is 2.90. The van der Waals surface area contributed by atoms with Crippen molar-refractivity contribution in [3.8, 4) is 5.75 Å². The smallest absolute Gasteiger partial charge is 0.188 e. The number of methoxy groups -OCH3 is 2. The standard InChI is InChI=1S/C15H23NO2.C2H6O.2C2H6/c1-12-7-13(9-14(8-12)18-11-17-4)16-6-5-15(2,3)10-16;1-3-2;2*1-2/h7-9H,5-6,10-11H2,1-4H3;1-2H3;2*1-2H3. The lowest BCUT2D eigenvalue weighted by Crippen LogP contribution is -2.22. The molecule has 0 unspecified atom stereocenters. The Hall–Kier alpha value is -1.26. The van der Waals surface area contributed by atoms with Gasteiger partial charge in [-0.05, 0) is 36.5 Å². The molecule has 0 aliphatic carbocycles. The lowest BCUT2D eigenvalue weighted by Gasteiger charge is -2.22. The second kappa shape index (κ2) is 15.0. The van der Waals surface area contributed by atoms with Gasteiger partial charge in [-0.15, -0.1) is 0 Å². The zero-order chi connectivity index (χ0) is 19.9. The van der Waals surface area contributed by atoms with Crippen molar-refractivity contribution in [1.29, 1.82) is 0 Å². The van der Waals surface area contributed by atoms with E-state index in [0.717, 1.165) is 18.8 Å². The number of benzene rings is 1. The first-order valence-corrected chi connectivity index (χ1v) is 9.30. The number of aryl methyl sites for hydroxylation is 1. The van der Waals surface area contributed by atoms with Gasteiger partial charge in [-0.2, -0.15) is 0 Å². The Morgan fingerprint density at radius 2 is 1.56 bits per heavy atom. The molecule has 1 heterocycles. The van der Waals surface area contributed by atoms with Crippen LogP contribution in [0.5, 0.6) is 5.75 Å². The van der Waals surface area contributed by atoms with Crippen LogP contribution in [-0.2, 0) is 9.47 Å². The number of hydrogen-bond acceptors (Lipinski definition) is 4. The maximum Gasteiger partial charge on any atom is 0.188 e. The van der Waals surface area contributed by atoms with Gasteiger partial charge in [0.05, 0.1) is 0 Å². The predicted octanol–water partition coefficient (Wildman–Crippen LogP) is 5.53. The fourth-order valence-corrected chi connectivity index (χ4v) is 2.45. The summed E-state index contributed by atoms with van der Waals surface area (Å²) < 4.78 is 14.7. The molecule has 0 aromatic heterocycles. The molecule has 1 fully saturated rings. The number of ether oxygens (including phenoxy) is 3. The monoisotopic (exact) mass is 355 g/mol. The first-order valence-electron chi connectivity index (χ1n) is 9.30. The highest BCUT2D eigenvalue weighted by Crippen LogP contribution is 2.34. The Balaban J connectivity index is 0. The van der Waals surface area contributed by atoms with E-state index in [9.17, 15) is 0 Å². The van der Waals surface area contributed by atoms with Crippen LogP contribution in [0.4, 0.5) is 5.69 Å². The Labute approximate surface area is 156 Å². The average Bonchev–Trinajstić information content (AvgIpc) is 2.97. The van der Waals surface area contributed by atoms with E-state index in [-0.39, 0.29) is 0 Å². The molecule has 0 saturated carbocycles. The highest BCUT2D eigenvalue weighted by molar-refractivity contribution is 5.54. The number of anilines is 1. The Kier molecular flexibility index (Phi) is 15.6. The summed E-state index contributed by atoms with van der Waals surface area (Å²) in [4.78, 5) is 2.44. The molecular formula is C21H41NO3. The third kappa shape index (κ3) is 11.1. The minimum Gasteiger partial charge on any atom is -0.467 e. The molecule has 0 bridgehead atoms. The maximum absolute atomic E-state index is 5.54. The van der Waals surface area contributed by atoms with Gasteiger partial charge in [-0.3, -0.25) is 0 Å². The van der Waals surface area contributed by atoms with Crippen LogP contribution in [0.2, 0.25) is 0 Å². The normalized spacial score (nSPS) is 14.2. The third-order valence-electron chi connectivity index (χ3n) is 3.42. The van der Waals surface area contributed by atoms with Gasteiger partial charge in [-0.1, -0.05) is 41.5 Å². The summed E-state index contributed by atoms with van der Waals surface area (Å²) in [5.74, 6) is 0.886. The summed E-state index contributed by atoms with van der Waals surface area (Å²) in [7, 11) is 4.89. The quantitative estimate of drug-likeness (QED) is 0.665. The van der Waals surface area contributed by atoms with E-state index in [1.807, 2.05) is 33.8 Å². The fraction of sp³-hybridized carbons (Fsp3) is 0.714. The zero-order valence-electron chi connectivity index (χ0n) is 18.2. The first-order chi connectivity index (χ1) is 11.9. The minimum atomic E-state index is 0.300. The highest BCUT2D eigenvalue weighted by atomic mass is 16.7. The lowest BCUT2D eigenvalue weighted by atomic mass is 9.93. The molecule has 25 heavy (non-hydrogen) atoms. The van der Waals surface area contributed by atoms with Crippen LogP contribution in [0.3, 0.4) is 0 Å². The van der Waals surface area contributed by atoms with Crippen molar-refractivity contribution in [2.45, 2.75) is 54.9 Å². The molecule has 0 radical (unpaired) electrons. The molecule has 148 valence electrons.